The van der Waals surface area contributed by atoms with Gasteiger partial charge in [0, 0.05) is 50.7 Å². The number of carbonyl (C=O) groups is 2. The molecule has 0 aliphatic rings. The molecule has 0 fully saturated rings. The first kappa shape index (κ1) is 28.8. The predicted octanol–water partition coefficient (Wildman–Crippen LogP) is 4.94. The molecule has 4 rings (SSSR count). The SMILES string of the molecule is CN(C)c1ccc(C(=O)N/N=C/c2ccc(Cc3ccc(/C=N/NC(=O)c4ccc(N(C)C)cc4)cc3)cc2)cc1. The van der Waals surface area contributed by atoms with E-state index >= 15 is 0 Å². The Bertz CT molecular complexity index is 1390. The number of carbonyl (C=O) groups excluding carboxylic acids is 2. The Morgan fingerprint density at radius 1 is 0.561 bits per heavy atom. The van der Waals surface area contributed by atoms with Crippen molar-refractivity contribution in [3.63, 3.8) is 0 Å². The fraction of sp³-hybridized carbons (Fsp3) is 0.152. The van der Waals surface area contributed by atoms with E-state index in [0.29, 0.717) is 11.1 Å². The van der Waals surface area contributed by atoms with Crippen molar-refractivity contribution in [1.29, 1.82) is 0 Å². The predicted molar refractivity (Wildman–Crippen MR) is 167 cm³/mol. The van der Waals surface area contributed by atoms with E-state index in [9.17, 15) is 9.59 Å². The lowest BCUT2D eigenvalue weighted by atomic mass is 10.0. The van der Waals surface area contributed by atoms with Gasteiger partial charge in [-0.2, -0.15) is 10.2 Å². The van der Waals surface area contributed by atoms with Gasteiger partial charge in [0.15, 0.2) is 0 Å². The third-order valence-electron chi connectivity index (χ3n) is 6.42. The molecule has 0 aromatic heterocycles. The summed E-state index contributed by atoms with van der Waals surface area (Å²) in [4.78, 5) is 28.6. The summed E-state index contributed by atoms with van der Waals surface area (Å²) in [6.07, 6.45) is 4.03. The van der Waals surface area contributed by atoms with Gasteiger partial charge >= 0.3 is 0 Å². The van der Waals surface area contributed by atoms with Gasteiger partial charge in [0.2, 0.25) is 0 Å². The summed E-state index contributed by atoms with van der Waals surface area (Å²) in [7, 11) is 7.81. The number of rotatable bonds is 10. The molecule has 0 aliphatic heterocycles. The second-order valence-corrected chi connectivity index (χ2v) is 9.94. The summed E-state index contributed by atoms with van der Waals surface area (Å²) in [5.74, 6) is -0.511. The van der Waals surface area contributed by atoms with Crippen molar-refractivity contribution < 1.29 is 9.59 Å². The maximum Gasteiger partial charge on any atom is 0.271 e. The highest BCUT2D eigenvalue weighted by Gasteiger charge is 2.06. The molecule has 0 saturated carbocycles. The summed E-state index contributed by atoms with van der Waals surface area (Å²) in [5.41, 5.74) is 12.4. The maximum absolute atomic E-state index is 12.3. The first-order valence-corrected chi connectivity index (χ1v) is 13.2. The van der Waals surface area contributed by atoms with E-state index in [2.05, 4.69) is 21.1 Å². The standard InChI is InChI=1S/C33H34N6O2/c1-38(2)30-17-13-28(14-18-30)32(40)36-34-22-26-9-5-24(6-10-26)21-25-7-11-27(12-8-25)23-35-37-33(41)29-15-19-31(20-16-29)39(3)4/h5-20,22-23H,21H2,1-4H3,(H,36,40)(H,37,41)/b34-22+,35-23+. The Balaban J connectivity index is 1.24. The molecule has 0 unspecified atom stereocenters. The van der Waals surface area contributed by atoms with Crippen LogP contribution in [0.15, 0.2) is 107 Å². The van der Waals surface area contributed by atoms with Crippen molar-refractivity contribution in [2.24, 2.45) is 10.2 Å². The third-order valence-corrected chi connectivity index (χ3v) is 6.42. The van der Waals surface area contributed by atoms with Crippen molar-refractivity contribution in [3.05, 3.63) is 130 Å². The van der Waals surface area contributed by atoms with Gasteiger partial charge in [0.1, 0.15) is 0 Å². The van der Waals surface area contributed by atoms with Crippen molar-refractivity contribution in [2.75, 3.05) is 38.0 Å². The Hall–Kier alpha value is -5.24. The number of nitrogens with zero attached hydrogens (tertiary/aromatic N) is 4. The van der Waals surface area contributed by atoms with Crippen LogP contribution in [0, 0.1) is 0 Å². The van der Waals surface area contributed by atoms with E-state index < -0.39 is 0 Å². The molecular weight excluding hydrogens is 512 g/mol. The molecule has 0 bridgehead atoms. The van der Waals surface area contributed by atoms with E-state index in [1.807, 2.05) is 111 Å². The van der Waals surface area contributed by atoms with Gasteiger partial charge in [-0.3, -0.25) is 9.59 Å². The zero-order valence-corrected chi connectivity index (χ0v) is 23.7. The van der Waals surface area contributed by atoms with E-state index in [-0.39, 0.29) is 11.8 Å². The fourth-order valence-electron chi connectivity index (χ4n) is 3.96. The summed E-state index contributed by atoms with van der Waals surface area (Å²) in [5, 5.41) is 8.17. The van der Waals surface area contributed by atoms with Crippen LogP contribution in [-0.2, 0) is 6.42 Å². The van der Waals surface area contributed by atoms with Gasteiger partial charge < -0.3 is 9.80 Å². The molecule has 41 heavy (non-hydrogen) atoms. The topological polar surface area (TPSA) is 89.4 Å². The van der Waals surface area contributed by atoms with Gasteiger partial charge in [-0.1, -0.05) is 48.5 Å². The summed E-state index contributed by atoms with van der Waals surface area (Å²) >= 11 is 0. The van der Waals surface area contributed by atoms with E-state index in [0.717, 1.165) is 40.0 Å². The van der Waals surface area contributed by atoms with Gasteiger partial charge in [-0.15, -0.1) is 0 Å². The molecule has 0 aliphatic carbocycles. The van der Waals surface area contributed by atoms with Gasteiger partial charge in [-0.05, 0) is 77.2 Å². The van der Waals surface area contributed by atoms with Crippen LogP contribution in [0.2, 0.25) is 0 Å². The molecule has 0 saturated heterocycles. The van der Waals surface area contributed by atoms with Crippen LogP contribution in [0.3, 0.4) is 0 Å². The number of benzene rings is 4. The molecule has 4 aromatic carbocycles. The lowest BCUT2D eigenvalue weighted by Crippen LogP contribution is -2.18. The zero-order valence-electron chi connectivity index (χ0n) is 23.7. The monoisotopic (exact) mass is 546 g/mol. The van der Waals surface area contributed by atoms with Gasteiger partial charge in [-0.25, -0.2) is 10.9 Å². The van der Waals surface area contributed by atoms with E-state index in [1.54, 1.807) is 36.7 Å². The molecule has 0 atom stereocenters. The largest absolute Gasteiger partial charge is 0.378 e. The van der Waals surface area contributed by atoms with Crippen LogP contribution >= 0.6 is 0 Å². The lowest BCUT2D eigenvalue weighted by Gasteiger charge is -2.12. The van der Waals surface area contributed by atoms with Crippen molar-refractivity contribution in [3.8, 4) is 0 Å². The van der Waals surface area contributed by atoms with E-state index in [4.69, 9.17) is 0 Å². The highest BCUT2D eigenvalue weighted by Crippen LogP contribution is 2.14. The molecule has 0 spiro atoms. The minimum atomic E-state index is -0.256. The Morgan fingerprint density at radius 3 is 1.22 bits per heavy atom. The smallest absolute Gasteiger partial charge is 0.271 e. The first-order valence-electron chi connectivity index (χ1n) is 13.2. The molecule has 0 heterocycles. The number of amides is 2. The number of hydrogen-bond donors (Lipinski definition) is 2. The van der Waals surface area contributed by atoms with Crippen LogP contribution < -0.4 is 20.7 Å². The maximum atomic E-state index is 12.3. The normalized spacial score (nSPS) is 11.0. The van der Waals surface area contributed by atoms with E-state index in [1.165, 1.54) is 0 Å². The van der Waals surface area contributed by atoms with Crippen LogP contribution in [0.1, 0.15) is 43.0 Å². The molecule has 208 valence electrons. The van der Waals surface area contributed by atoms with Crippen molar-refractivity contribution >= 4 is 35.6 Å². The summed E-state index contributed by atoms with van der Waals surface area (Å²) in [6.45, 7) is 0. The summed E-state index contributed by atoms with van der Waals surface area (Å²) in [6, 6.07) is 30.7. The van der Waals surface area contributed by atoms with Crippen molar-refractivity contribution in [1.82, 2.24) is 10.9 Å². The highest BCUT2D eigenvalue weighted by molar-refractivity contribution is 5.96. The molecular formula is C33H34N6O2. The van der Waals surface area contributed by atoms with Crippen LogP contribution in [-0.4, -0.2) is 52.4 Å². The quantitative estimate of drug-likeness (QED) is 0.218. The highest BCUT2D eigenvalue weighted by atomic mass is 16.2. The first-order chi connectivity index (χ1) is 19.8. The molecule has 0 radical (unpaired) electrons. The number of hydrogen-bond acceptors (Lipinski definition) is 6. The average Bonchev–Trinajstić information content (AvgIpc) is 2.99. The second-order valence-electron chi connectivity index (χ2n) is 9.94. The van der Waals surface area contributed by atoms with Crippen LogP contribution in [0.5, 0.6) is 0 Å². The van der Waals surface area contributed by atoms with Crippen LogP contribution in [0.25, 0.3) is 0 Å². The number of anilines is 2. The van der Waals surface area contributed by atoms with Crippen LogP contribution in [0.4, 0.5) is 11.4 Å². The zero-order chi connectivity index (χ0) is 29.2. The molecule has 8 nitrogen and oxygen atoms in total. The summed E-state index contributed by atoms with van der Waals surface area (Å²) < 4.78 is 0. The minimum absolute atomic E-state index is 0.256. The minimum Gasteiger partial charge on any atom is -0.378 e. The van der Waals surface area contributed by atoms with Gasteiger partial charge in [0.05, 0.1) is 12.4 Å². The third kappa shape index (κ3) is 8.37. The average molecular weight is 547 g/mol. The molecule has 2 N–H and O–H groups in total. The number of nitrogens with one attached hydrogen (secondary N) is 2. The Kier molecular flexibility index (Phi) is 9.62. The molecule has 2 amide bonds. The molecule has 4 aromatic rings. The lowest BCUT2D eigenvalue weighted by molar-refractivity contribution is 0.0947. The number of hydrazone groups is 2. The second kappa shape index (κ2) is 13.7. The Morgan fingerprint density at radius 2 is 0.902 bits per heavy atom. The molecule has 8 heteroatoms. The Labute approximate surface area is 241 Å². The fourth-order valence-corrected chi connectivity index (χ4v) is 3.96. The van der Waals surface area contributed by atoms with Gasteiger partial charge in [0.25, 0.3) is 11.8 Å². The van der Waals surface area contributed by atoms with Crippen molar-refractivity contribution in [2.45, 2.75) is 6.42 Å².